The summed E-state index contributed by atoms with van der Waals surface area (Å²) in [4.78, 5) is 0. The van der Waals surface area contributed by atoms with Crippen molar-refractivity contribution < 1.29 is 0 Å². The second-order valence-corrected chi connectivity index (χ2v) is 31.2. The predicted octanol–water partition coefficient (Wildman–Crippen LogP) is 23.4. The largest absolute Gasteiger partial charge is 0.316 e. The highest BCUT2D eigenvalue weighted by Crippen LogP contribution is 2.63. The zero-order valence-electron chi connectivity index (χ0n) is 49.4. The van der Waals surface area contributed by atoms with Crippen LogP contribution in [0.25, 0.3) is 5.57 Å². The standard InChI is InChI=1S/C69H123NSi/c1-9-11-13-15-17-19-21-23-25-27-29-31-33-35-37-39-41-48-54-69(55-49-42-40-38-36-34-32-30-28-26-24-22-20-18-16-14-12-10-2)65-53-47-46-52-62(65)64-57-60-56-59(3)67(63(60)58-66(64)69)71(7,8)70(68(4,5)6)61-50-44-43-45-51-61/h46-47,52-53,57-61,63,67H,9-45,48-51,54-56H2,1-8H3. The number of unbranched alkanes of at least 4 members (excludes halogenated alkanes) is 34. The molecule has 1 aromatic carbocycles. The van der Waals surface area contributed by atoms with E-state index < -0.39 is 8.24 Å². The van der Waals surface area contributed by atoms with Crippen molar-refractivity contribution in [2.24, 2.45) is 17.8 Å². The van der Waals surface area contributed by atoms with Crippen LogP contribution in [0.2, 0.25) is 18.6 Å². The summed E-state index contributed by atoms with van der Waals surface area (Å²) in [6, 6.07) is 10.7. The monoisotopic (exact) mass is 994 g/mol. The fourth-order valence-corrected chi connectivity index (χ4v) is 22.2. The van der Waals surface area contributed by atoms with Crippen LogP contribution >= 0.6 is 0 Å². The van der Waals surface area contributed by atoms with Crippen molar-refractivity contribution in [1.29, 1.82) is 0 Å². The van der Waals surface area contributed by atoms with Gasteiger partial charge in [-0.15, -0.1) is 0 Å². The van der Waals surface area contributed by atoms with Crippen LogP contribution in [-0.2, 0) is 5.41 Å². The van der Waals surface area contributed by atoms with Gasteiger partial charge in [0, 0.05) is 17.0 Å². The molecule has 0 heterocycles. The van der Waals surface area contributed by atoms with Gasteiger partial charge >= 0.3 is 0 Å². The second kappa shape index (κ2) is 33.8. The molecule has 4 aliphatic carbocycles. The number of hydrogen-bond acceptors (Lipinski definition) is 1. The fourth-order valence-electron chi connectivity index (χ4n) is 16.2. The molecule has 0 aliphatic heterocycles. The van der Waals surface area contributed by atoms with Crippen LogP contribution in [0.4, 0.5) is 0 Å². The van der Waals surface area contributed by atoms with Crippen LogP contribution in [0.3, 0.4) is 0 Å². The van der Waals surface area contributed by atoms with Gasteiger partial charge in [0.1, 0.15) is 8.24 Å². The Bertz CT molecular complexity index is 1550. The third-order valence-corrected chi connectivity index (χ3v) is 24.3. The van der Waals surface area contributed by atoms with E-state index in [2.05, 4.69) is 95.6 Å². The quantitative estimate of drug-likeness (QED) is 0.0467. The molecule has 2 saturated carbocycles. The molecule has 1 nitrogen and oxygen atoms in total. The van der Waals surface area contributed by atoms with Crippen molar-refractivity contribution >= 4 is 13.8 Å². The molecule has 2 fully saturated rings. The van der Waals surface area contributed by atoms with Gasteiger partial charge < -0.3 is 4.57 Å². The van der Waals surface area contributed by atoms with E-state index in [0.717, 1.165) is 17.5 Å². The lowest BCUT2D eigenvalue weighted by Gasteiger charge is -2.56. The molecular weight excluding hydrogens is 871 g/mol. The zero-order chi connectivity index (χ0) is 50.6. The molecule has 4 atom stereocenters. The molecule has 71 heavy (non-hydrogen) atoms. The molecule has 0 bridgehead atoms. The van der Waals surface area contributed by atoms with E-state index in [1.165, 1.54) is 283 Å². The summed E-state index contributed by atoms with van der Waals surface area (Å²) in [5.41, 5.74) is 8.07. The molecular formula is C69H123NSi. The molecule has 0 N–H and O–H groups in total. The van der Waals surface area contributed by atoms with Crippen LogP contribution < -0.4 is 0 Å². The summed E-state index contributed by atoms with van der Waals surface area (Å²) >= 11 is 0. The maximum atomic E-state index is 3.22. The van der Waals surface area contributed by atoms with Crippen molar-refractivity contribution in [2.75, 3.05) is 0 Å². The smallest absolute Gasteiger partial charge is 0.127 e. The SMILES string of the molecule is CCCCCCCCCCCCCCCCCCCCC1(CCCCCCCCCCCCCCCCCCCC)C2=CC3C(C=C2c2ccccc21)CC(C)C3[Si](C)(C)N(C1CCCCC1)C(C)(C)C. The Labute approximate surface area is 446 Å². The number of benzene rings is 1. The average Bonchev–Trinajstić information content (AvgIpc) is 3.82. The second-order valence-electron chi connectivity index (χ2n) is 26.8. The average molecular weight is 995 g/mol. The Morgan fingerprint density at radius 3 is 1.28 bits per heavy atom. The Morgan fingerprint density at radius 1 is 0.507 bits per heavy atom. The van der Waals surface area contributed by atoms with Crippen LogP contribution in [0.1, 0.15) is 335 Å². The predicted molar refractivity (Wildman–Crippen MR) is 321 cm³/mol. The Morgan fingerprint density at radius 2 is 0.887 bits per heavy atom. The van der Waals surface area contributed by atoms with Gasteiger partial charge in [-0.1, -0.05) is 321 Å². The Kier molecular flexibility index (Phi) is 28.9. The molecule has 1 aromatic rings. The maximum absolute atomic E-state index is 3.22. The molecule has 2 heteroatoms. The number of hydrogen-bond donors (Lipinski definition) is 0. The highest BCUT2D eigenvalue weighted by atomic mass is 28.3. The van der Waals surface area contributed by atoms with Gasteiger partial charge in [-0.25, -0.2) is 0 Å². The molecule has 0 spiro atoms. The molecule has 0 saturated heterocycles. The number of allylic oxidation sites excluding steroid dienone is 4. The first-order valence-electron chi connectivity index (χ1n) is 32.9. The van der Waals surface area contributed by atoms with Crippen molar-refractivity contribution in [3.63, 3.8) is 0 Å². The molecule has 4 aliphatic rings. The molecule has 0 aromatic heterocycles. The van der Waals surface area contributed by atoms with Gasteiger partial charge in [-0.2, -0.15) is 0 Å². The van der Waals surface area contributed by atoms with E-state index in [9.17, 15) is 0 Å². The summed E-state index contributed by atoms with van der Waals surface area (Å²) in [7, 11) is -1.84. The first-order chi connectivity index (χ1) is 34.6. The molecule has 0 amide bonds. The minimum Gasteiger partial charge on any atom is -0.316 e. The van der Waals surface area contributed by atoms with Gasteiger partial charge in [0.15, 0.2) is 0 Å². The van der Waals surface area contributed by atoms with Gasteiger partial charge in [0.2, 0.25) is 0 Å². The summed E-state index contributed by atoms with van der Waals surface area (Å²) in [6.07, 6.45) is 69.5. The molecule has 0 radical (unpaired) electrons. The van der Waals surface area contributed by atoms with Crippen molar-refractivity contribution in [1.82, 2.24) is 4.57 Å². The maximum Gasteiger partial charge on any atom is 0.127 e. The Balaban J connectivity index is 1.16. The first-order valence-corrected chi connectivity index (χ1v) is 35.9. The van der Waals surface area contributed by atoms with Gasteiger partial charge in [0.25, 0.3) is 0 Å². The van der Waals surface area contributed by atoms with E-state index in [1.54, 1.807) is 16.7 Å². The summed E-state index contributed by atoms with van der Waals surface area (Å²) in [5.74, 6) is 2.20. The van der Waals surface area contributed by atoms with Gasteiger partial charge in [-0.05, 0) is 98.4 Å². The van der Waals surface area contributed by atoms with Gasteiger partial charge in [0.05, 0.1) is 0 Å². The highest BCUT2D eigenvalue weighted by Gasteiger charge is 2.56. The van der Waals surface area contributed by atoms with Crippen molar-refractivity contribution in [3.8, 4) is 0 Å². The van der Waals surface area contributed by atoms with Crippen molar-refractivity contribution in [3.05, 3.63) is 53.1 Å². The Hall–Kier alpha value is -1.12. The first kappa shape index (κ1) is 60.7. The minimum atomic E-state index is -1.84. The molecule has 4 unspecified atom stereocenters. The number of fused-ring (bicyclic) bond motifs is 4. The third-order valence-electron chi connectivity index (χ3n) is 19.5. The van der Waals surface area contributed by atoms with Crippen LogP contribution in [0.5, 0.6) is 0 Å². The van der Waals surface area contributed by atoms with Crippen LogP contribution in [0.15, 0.2) is 42.0 Å². The summed E-state index contributed by atoms with van der Waals surface area (Å²) in [6.45, 7) is 20.7. The van der Waals surface area contributed by atoms with E-state index in [-0.39, 0.29) is 11.0 Å². The minimum absolute atomic E-state index is 0.201. The van der Waals surface area contributed by atoms with E-state index in [4.69, 9.17) is 0 Å². The lowest BCUT2D eigenvalue weighted by Crippen LogP contribution is -2.65. The number of nitrogens with zero attached hydrogens (tertiary/aromatic N) is 1. The topological polar surface area (TPSA) is 3.24 Å². The normalized spacial score (nSPS) is 21.1. The van der Waals surface area contributed by atoms with E-state index >= 15 is 0 Å². The van der Waals surface area contributed by atoms with Crippen LogP contribution in [-0.4, -0.2) is 24.4 Å². The molecule has 5 rings (SSSR count). The summed E-state index contributed by atoms with van der Waals surface area (Å²) in [5, 5.41) is 0. The van der Waals surface area contributed by atoms with Gasteiger partial charge in [-0.3, -0.25) is 0 Å². The lowest BCUT2D eigenvalue weighted by atomic mass is 9.68. The third kappa shape index (κ3) is 19.4. The van der Waals surface area contributed by atoms with Crippen LogP contribution in [0, 0.1) is 17.8 Å². The van der Waals surface area contributed by atoms with E-state index in [0.29, 0.717) is 11.8 Å². The fraction of sp³-hybridized carbons (Fsp3) is 0.855. The molecule has 408 valence electrons. The highest BCUT2D eigenvalue weighted by molar-refractivity contribution is 6.76. The number of rotatable bonds is 41. The zero-order valence-corrected chi connectivity index (χ0v) is 50.4. The van der Waals surface area contributed by atoms with Crippen molar-refractivity contribution in [2.45, 2.75) is 360 Å². The van der Waals surface area contributed by atoms with E-state index in [1.807, 2.05) is 5.57 Å². The lowest BCUT2D eigenvalue weighted by molar-refractivity contribution is 0.139. The summed E-state index contributed by atoms with van der Waals surface area (Å²) < 4.78 is 3.22.